The number of nitrogens with zero attached hydrogens (tertiary/aromatic N) is 2. The van der Waals surface area contributed by atoms with Gasteiger partial charge >= 0.3 is 0 Å². The van der Waals surface area contributed by atoms with Crippen LogP contribution in [-0.4, -0.2) is 18.2 Å². The second-order valence-electron chi connectivity index (χ2n) is 6.67. The third kappa shape index (κ3) is 4.46. The van der Waals surface area contributed by atoms with Gasteiger partial charge in [0.05, 0.1) is 17.8 Å². The smallest absolute Gasteiger partial charge is 0.283 e. The van der Waals surface area contributed by atoms with Crippen molar-refractivity contribution in [3.05, 3.63) is 86.7 Å². The number of carbonyl (C=O) groups is 1. The largest absolute Gasteiger partial charge is 0.495 e. The Hall–Kier alpha value is -2.54. The molecule has 152 valence electrons. The maximum atomic E-state index is 13.2. The highest BCUT2D eigenvalue weighted by atomic mass is 35.5. The molecule has 1 aliphatic heterocycles. The summed E-state index contributed by atoms with van der Waals surface area (Å²) in [7, 11) is 1.56. The molecule has 2 aromatic carbocycles. The SMILES string of the molecule is COc1ccc(N2C(=O)C(=Cc3cccs3)N=C2SCc2ccc(C)cc2)cc1Cl. The molecule has 4 nitrogen and oxygen atoms in total. The molecule has 1 amide bonds. The molecule has 0 radical (unpaired) electrons. The van der Waals surface area contributed by atoms with Gasteiger partial charge in [0.15, 0.2) is 5.17 Å². The summed E-state index contributed by atoms with van der Waals surface area (Å²) in [6.45, 7) is 2.06. The molecule has 2 heterocycles. The molecule has 0 saturated heterocycles. The summed E-state index contributed by atoms with van der Waals surface area (Å²) >= 11 is 9.41. The van der Waals surface area contributed by atoms with Crippen molar-refractivity contribution >= 4 is 57.5 Å². The standard InChI is InChI=1S/C23H19ClN2O2S2/c1-15-5-7-16(8-6-15)14-30-23-25-20(13-18-4-3-11-29-18)22(27)26(23)17-9-10-21(28-2)19(24)12-17/h3-13H,14H2,1-2H3. The number of anilines is 1. The number of aryl methyl sites for hydroxylation is 1. The molecule has 1 aromatic heterocycles. The summed E-state index contributed by atoms with van der Waals surface area (Å²) in [6.07, 6.45) is 1.82. The molecular formula is C23H19ClN2O2S2. The average molecular weight is 455 g/mol. The zero-order valence-corrected chi connectivity index (χ0v) is 18.9. The fourth-order valence-electron chi connectivity index (χ4n) is 2.96. The highest BCUT2D eigenvalue weighted by Gasteiger charge is 2.32. The number of amidine groups is 1. The van der Waals surface area contributed by atoms with E-state index in [1.54, 1.807) is 35.5 Å². The van der Waals surface area contributed by atoms with Crippen molar-refractivity contribution in [1.82, 2.24) is 0 Å². The second-order valence-corrected chi connectivity index (χ2v) is 9.00. The van der Waals surface area contributed by atoms with E-state index in [1.807, 2.05) is 29.7 Å². The Morgan fingerprint density at radius 1 is 1.20 bits per heavy atom. The van der Waals surface area contributed by atoms with Gasteiger partial charge in [0.2, 0.25) is 0 Å². The van der Waals surface area contributed by atoms with Gasteiger partial charge in [-0.15, -0.1) is 11.3 Å². The number of thiophene rings is 1. The van der Waals surface area contributed by atoms with Crippen molar-refractivity contribution in [3.8, 4) is 5.75 Å². The number of hydrogen-bond acceptors (Lipinski definition) is 5. The normalized spacial score (nSPS) is 15.0. The Morgan fingerprint density at radius 3 is 2.67 bits per heavy atom. The van der Waals surface area contributed by atoms with Crippen molar-refractivity contribution in [3.63, 3.8) is 0 Å². The number of ether oxygens (including phenoxy) is 1. The number of carbonyl (C=O) groups excluding carboxylic acids is 1. The lowest BCUT2D eigenvalue weighted by Gasteiger charge is -2.18. The zero-order valence-electron chi connectivity index (χ0n) is 16.5. The van der Waals surface area contributed by atoms with Crippen LogP contribution in [0.15, 0.2) is 70.7 Å². The molecule has 30 heavy (non-hydrogen) atoms. The Morgan fingerprint density at radius 2 is 2.00 bits per heavy atom. The molecule has 7 heteroatoms. The fourth-order valence-corrected chi connectivity index (χ4v) is 4.83. The highest BCUT2D eigenvalue weighted by molar-refractivity contribution is 8.13. The lowest BCUT2D eigenvalue weighted by molar-refractivity contribution is -0.113. The van der Waals surface area contributed by atoms with Crippen molar-refractivity contribution < 1.29 is 9.53 Å². The summed E-state index contributed by atoms with van der Waals surface area (Å²) in [4.78, 5) is 20.5. The van der Waals surface area contributed by atoms with Crippen LogP contribution in [0.1, 0.15) is 16.0 Å². The molecule has 4 rings (SSSR count). The van der Waals surface area contributed by atoms with Crippen molar-refractivity contribution in [1.29, 1.82) is 0 Å². The van der Waals surface area contributed by atoms with E-state index in [4.69, 9.17) is 16.3 Å². The first-order valence-electron chi connectivity index (χ1n) is 9.25. The van der Waals surface area contributed by atoms with E-state index in [9.17, 15) is 4.79 Å². The van der Waals surface area contributed by atoms with E-state index < -0.39 is 0 Å². The molecule has 0 atom stereocenters. The summed E-state index contributed by atoms with van der Waals surface area (Å²) in [5, 5.41) is 3.05. The van der Waals surface area contributed by atoms with Crippen LogP contribution in [0.5, 0.6) is 5.75 Å². The van der Waals surface area contributed by atoms with Crippen molar-refractivity contribution in [2.75, 3.05) is 12.0 Å². The predicted octanol–water partition coefficient (Wildman–Crippen LogP) is 6.40. The first-order valence-corrected chi connectivity index (χ1v) is 11.5. The molecule has 0 N–H and O–H groups in total. The number of thioether (sulfide) groups is 1. The third-order valence-electron chi connectivity index (χ3n) is 4.53. The van der Waals surface area contributed by atoms with Crippen molar-refractivity contribution in [2.45, 2.75) is 12.7 Å². The number of aliphatic imine (C=N–C) groups is 1. The maximum Gasteiger partial charge on any atom is 0.283 e. The summed E-state index contributed by atoms with van der Waals surface area (Å²) < 4.78 is 5.24. The van der Waals surface area contributed by atoms with Crippen LogP contribution in [-0.2, 0) is 10.5 Å². The van der Waals surface area contributed by atoms with Gasteiger partial charge < -0.3 is 4.74 Å². The molecule has 0 saturated carbocycles. The molecule has 1 aliphatic rings. The molecule has 0 bridgehead atoms. The Kier molecular flexibility index (Phi) is 6.27. The number of halogens is 1. The van der Waals surface area contributed by atoms with Gasteiger partial charge in [-0.1, -0.05) is 59.3 Å². The molecule has 0 unspecified atom stereocenters. The van der Waals surface area contributed by atoms with E-state index in [-0.39, 0.29) is 5.91 Å². The predicted molar refractivity (Wildman–Crippen MR) is 128 cm³/mol. The van der Waals surface area contributed by atoms with Crippen LogP contribution in [0.25, 0.3) is 6.08 Å². The van der Waals surface area contributed by atoms with E-state index in [0.29, 0.717) is 33.1 Å². The van der Waals surface area contributed by atoms with E-state index in [2.05, 4.69) is 36.2 Å². The third-order valence-corrected chi connectivity index (χ3v) is 6.66. The van der Waals surface area contributed by atoms with Crippen molar-refractivity contribution in [2.24, 2.45) is 4.99 Å². The summed E-state index contributed by atoms with van der Waals surface area (Å²) in [5.74, 6) is 1.10. The average Bonchev–Trinajstić information content (AvgIpc) is 3.36. The first kappa shape index (κ1) is 20.7. The quantitative estimate of drug-likeness (QED) is 0.419. The molecule has 0 aliphatic carbocycles. The Labute approximate surface area is 188 Å². The van der Waals surface area contributed by atoms with Crippen LogP contribution in [0, 0.1) is 6.92 Å². The van der Waals surface area contributed by atoms with Gasteiger partial charge in [-0.05, 0) is 48.2 Å². The van der Waals surface area contributed by atoms with Gasteiger partial charge in [0.1, 0.15) is 11.4 Å². The minimum atomic E-state index is -0.170. The van der Waals surface area contributed by atoms with E-state index in [1.165, 1.54) is 22.9 Å². The Bertz CT molecular complexity index is 1120. The highest BCUT2D eigenvalue weighted by Crippen LogP contribution is 2.35. The lowest BCUT2D eigenvalue weighted by Crippen LogP contribution is -2.30. The Balaban J connectivity index is 1.66. The molecular weight excluding hydrogens is 436 g/mol. The first-order chi connectivity index (χ1) is 14.5. The monoisotopic (exact) mass is 454 g/mol. The van der Waals surface area contributed by atoms with E-state index in [0.717, 1.165) is 4.88 Å². The van der Waals surface area contributed by atoms with Gasteiger partial charge in [-0.25, -0.2) is 4.99 Å². The zero-order chi connectivity index (χ0) is 21.1. The van der Waals surface area contributed by atoms with Crippen LogP contribution >= 0.6 is 34.7 Å². The van der Waals surface area contributed by atoms with Crippen LogP contribution < -0.4 is 9.64 Å². The van der Waals surface area contributed by atoms with E-state index >= 15 is 0 Å². The number of rotatable bonds is 5. The number of methoxy groups -OCH3 is 1. The minimum absolute atomic E-state index is 0.170. The summed E-state index contributed by atoms with van der Waals surface area (Å²) in [5.41, 5.74) is 3.46. The maximum absolute atomic E-state index is 13.2. The van der Waals surface area contributed by atoms with Crippen LogP contribution in [0.3, 0.4) is 0 Å². The second kappa shape index (κ2) is 9.08. The van der Waals surface area contributed by atoms with Gasteiger partial charge in [-0.3, -0.25) is 9.69 Å². The van der Waals surface area contributed by atoms with Gasteiger partial charge in [0.25, 0.3) is 5.91 Å². The number of hydrogen-bond donors (Lipinski definition) is 0. The lowest BCUT2D eigenvalue weighted by atomic mass is 10.2. The van der Waals surface area contributed by atoms with Crippen LogP contribution in [0.2, 0.25) is 5.02 Å². The summed E-state index contributed by atoms with van der Waals surface area (Å²) in [6, 6.07) is 17.6. The van der Waals surface area contributed by atoms with Gasteiger partial charge in [0, 0.05) is 10.6 Å². The molecule has 3 aromatic rings. The topological polar surface area (TPSA) is 41.9 Å². The molecule has 0 spiro atoms. The molecule has 0 fully saturated rings. The van der Waals surface area contributed by atoms with Crippen LogP contribution in [0.4, 0.5) is 5.69 Å². The number of amides is 1. The fraction of sp³-hybridized carbons (Fsp3) is 0.130. The number of benzene rings is 2. The van der Waals surface area contributed by atoms with Gasteiger partial charge in [-0.2, -0.15) is 0 Å². The minimum Gasteiger partial charge on any atom is -0.495 e.